The van der Waals surface area contributed by atoms with Crippen LogP contribution in [0.5, 0.6) is 0 Å². The molecule has 1 atom stereocenters. The van der Waals surface area contributed by atoms with Gasteiger partial charge in [-0.3, -0.25) is 4.79 Å². The van der Waals surface area contributed by atoms with Crippen LogP contribution in [0.1, 0.15) is 17.2 Å². The molecule has 4 nitrogen and oxygen atoms in total. The Morgan fingerprint density at radius 3 is 2.65 bits per heavy atom. The van der Waals surface area contributed by atoms with Crippen molar-refractivity contribution in [1.29, 1.82) is 0 Å². The molecule has 0 aliphatic heterocycles. The summed E-state index contributed by atoms with van der Waals surface area (Å²) in [6, 6.07) is 15.7. The Labute approximate surface area is 121 Å². The third kappa shape index (κ3) is 3.91. The van der Waals surface area contributed by atoms with E-state index < -0.39 is 12.0 Å². The number of hydrazone groups is 1. The number of benzene rings is 2. The maximum atomic E-state index is 11.7. The van der Waals surface area contributed by atoms with Crippen LogP contribution >= 0.6 is 11.6 Å². The predicted molar refractivity (Wildman–Crippen MR) is 78.6 cm³/mol. The summed E-state index contributed by atoms with van der Waals surface area (Å²) < 4.78 is 0. The van der Waals surface area contributed by atoms with E-state index >= 15 is 0 Å². The van der Waals surface area contributed by atoms with Gasteiger partial charge in [0.2, 0.25) is 0 Å². The van der Waals surface area contributed by atoms with Gasteiger partial charge in [0.1, 0.15) is 0 Å². The van der Waals surface area contributed by atoms with E-state index in [9.17, 15) is 9.90 Å². The molecule has 2 N–H and O–H groups in total. The van der Waals surface area contributed by atoms with Crippen LogP contribution < -0.4 is 5.43 Å². The van der Waals surface area contributed by atoms with Gasteiger partial charge in [-0.1, -0.05) is 54.1 Å². The van der Waals surface area contributed by atoms with Crippen molar-refractivity contribution in [2.75, 3.05) is 0 Å². The summed E-state index contributed by atoms with van der Waals surface area (Å²) in [7, 11) is 0. The topological polar surface area (TPSA) is 61.7 Å². The quantitative estimate of drug-likeness (QED) is 0.671. The minimum absolute atomic E-state index is 0.517. The second-order valence-electron chi connectivity index (χ2n) is 4.10. The zero-order valence-electron chi connectivity index (χ0n) is 10.5. The van der Waals surface area contributed by atoms with Crippen LogP contribution in [0, 0.1) is 0 Å². The minimum atomic E-state index is -1.24. The smallest absolute Gasteiger partial charge is 0.273 e. The largest absolute Gasteiger partial charge is 0.378 e. The highest BCUT2D eigenvalue weighted by Gasteiger charge is 2.15. The van der Waals surface area contributed by atoms with Crippen molar-refractivity contribution < 1.29 is 9.90 Å². The van der Waals surface area contributed by atoms with Gasteiger partial charge < -0.3 is 5.11 Å². The zero-order valence-corrected chi connectivity index (χ0v) is 11.3. The van der Waals surface area contributed by atoms with E-state index in [4.69, 9.17) is 11.6 Å². The van der Waals surface area contributed by atoms with Gasteiger partial charge >= 0.3 is 0 Å². The SMILES string of the molecule is O=C(N/N=C\c1cccc(Cl)c1)[C@@H](O)c1ccccc1. The number of carbonyl (C=O) groups is 1. The number of nitrogens with zero attached hydrogens (tertiary/aromatic N) is 1. The highest BCUT2D eigenvalue weighted by atomic mass is 35.5. The first kappa shape index (κ1) is 14.2. The standard InChI is InChI=1S/C15H13ClN2O2/c16-13-8-4-5-11(9-13)10-17-18-15(20)14(19)12-6-2-1-3-7-12/h1-10,14,19H,(H,18,20)/b17-10-/t14-/m0/s1. The zero-order chi connectivity index (χ0) is 14.4. The highest BCUT2D eigenvalue weighted by molar-refractivity contribution is 6.30. The van der Waals surface area contributed by atoms with Gasteiger partial charge in [-0.2, -0.15) is 5.10 Å². The van der Waals surface area contributed by atoms with Crippen LogP contribution in [0.2, 0.25) is 5.02 Å². The molecule has 0 spiro atoms. The summed E-state index contributed by atoms with van der Waals surface area (Å²) in [4.78, 5) is 11.7. The van der Waals surface area contributed by atoms with Gasteiger partial charge in [0.05, 0.1) is 6.21 Å². The van der Waals surface area contributed by atoms with E-state index in [1.807, 2.05) is 6.07 Å². The summed E-state index contributed by atoms with van der Waals surface area (Å²) in [5.74, 6) is -0.588. The fourth-order valence-electron chi connectivity index (χ4n) is 1.61. The molecule has 5 heteroatoms. The van der Waals surface area contributed by atoms with Crippen LogP contribution in [0.4, 0.5) is 0 Å². The van der Waals surface area contributed by atoms with Gasteiger partial charge in [0, 0.05) is 5.02 Å². The lowest BCUT2D eigenvalue weighted by molar-refractivity contribution is -0.129. The molecule has 102 valence electrons. The lowest BCUT2D eigenvalue weighted by Gasteiger charge is -2.08. The van der Waals surface area contributed by atoms with Gasteiger partial charge in [-0.25, -0.2) is 5.43 Å². The molecule has 0 fully saturated rings. The van der Waals surface area contributed by atoms with E-state index in [2.05, 4.69) is 10.5 Å². The van der Waals surface area contributed by atoms with Crippen LogP contribution in [0.25, 0.3) is 0 Å². The Hall–Kier alpha value is -2.17. The van der Waals surface area contributed by atoms with Crippen molar-refractivity contribution in [1.82, 2.24) is 5.43 Å². The molecular weight excluding hydrogens is 276 g/mol. The second kappa shape index (κ2) is 6.84. The van der Waals surface area contributed by atoms with Crippen LogP contribution in [-0.4, -0.2) is 17.2 Å². The Morgan fingerprint density at radius 1 is 1.20 bits per heavy atom. The summed E-state index contributed by atoms with van der Waals surface area (Å²) >= 11 is 5.83. The van der Waals surface area contributed by atoms with Gasteiger partial charge in [-0.05, 0) is 23.3 Å². The molecule has 1 amide bonds. The first-order valence-electron chi connectivity index (χ1n) is 5.98. The molecular formula is C15H13ClN2O2. The number of hydrogen-bond acceptors (Lipinski definition) is 3. The van der Waals surface area contributed by atoms with Crippen molar-refractivity contribution >= 4 is 23.7 Å². The fraction of sp³-hybridized carbons (Fsp3) is 0.0667. The molecule has 0 bridgehead atoms. The summed E-state index contributed by atoms with van der Waals surface area (Å²) in [5, 5.41) is 14.2. The van der Waals surface area contributed by atoms with E-state index in [0.29, 0.717) is 10.6 Å². The lowest BCUT2D eigenvalue weighted by atomic mass is 10.1. The molecule has 0 aliphatic rings. The van der Waals surface area contributed by atoms with Crippen molar-refractivity contribution in [3.05, 3.63) is 70.7 Å². The molecule has 2 aromatic carbocycles. The maximum Gasteiger partial charge on any atom is 0.273 e. The summed E-state index contributed by atoms with van der Waals surface area (Å²) in [5.41, 5.74) is 3.56. The summed E-state index contributed by atoms with van der Waals surface area (Å²) in [6.45, 7) is 0. The highest BCUT2D eigenvalue weighted by Crippen LogP contribution is 2.12. The predicted octanol–water partition coefficient (Wildman–Crippen LogP) is 2.52. The Balaban J connectivity index is 1.95. The Kier molecular flexibility index (Phi) is 4.87. The average Bonchev–Trinajstić information content (AvgIpc) is 2.47. The molecule has 2 aromatic rings. The third-order valence-electron chi connectivity index (χ3n) is 2.60. The van der Waals surface area contributed by atoms with E-state index in [1.54, 1.807) is 48.5 Å². The number of aliphatic hydroxyl groups is 1. The number of carbonyl (C=O) groups excluding carboxylic acids is 1. The monoisotopic (exact) mass is 288 g/mol. The van der Waals surface area contributed by atoms with Gasteiger partial charge in [-0.15, -0.1) is 0 Å². The molecule has 2 rings (SSSR count). The van der Waals surface area contributed by atoms with E-state index in [1.165, 1.54) is 6.21 Å². The maximum absolute atomic E-state index is 11.7. The molecule has 0 aliphatic carbocycles. The van der Waals surface area contributed by atoms with Crippen LogP contribution in [0.15, 0.2) is 59.7 Å². The Morgan fingerprint density at radius 2 is 1.95 bits per heavy atom. The lowest BCUT2D eigenvalue weighted by Crippen LogP contribution is -2.25. The Bertz CT molecular complexity index is 614. The summed E-state index contributed by atoms with van der Waals surface area (Å²) in [6.07, 6.45) is 0.217. The number of rotatable bonds is 4. The molecule has 0 unspecified atom stereocenters. The average molecular weight is 289 g/mol. The number of amides is 1. The first-order valence-corrected chi connectivity index (χ1v) is 6.36. The van der Waals surface area contributed by atoms with Crippen LogP contribution in [0.3, 0.4) is 0 Å². The molecule has 0 heterocycles. The van der Waals surface area contributed by atoms with Gasteiger partial charge in [0.15, 0.2) is 6.10 Å². The fourth-order valence-corrected chi connectivity index (χ4v) is 1.80. The molecule has 20 heavy (non-hydrogen) atoms. The number of hydrogen-bond donors (Lipinski definition) is 2. The molecule has 0 radical (unpaired) electrons. The second-order valence-corrected chi connectivity index (χ2v) is 4.54. The minimum Gasteiger partial charge on any atom is -0.378 e. The number of aliphatic hydroxyl groups excluding tert-OH is 1. The van der Waals surface area contributed by atoms with Crippen molar-refractivity contribution in [3.63, 3.8) is 0 Å². The van der Waals surface area contributed by atoms with Gasteiger partial charge in [0.25, 0.3) is 5.91 Å². The molecule has 0 saturated carbocycles. The van der Waals surface area contributed by atoms with E-state index in [0.717, 1.165) is 5.56 Å². The molecule has 0 saturated heterocycles. The van der Waals surface area contributed by atoms with Crippen molar-refractivity contribution in [2.24, 2.45) is 5.10 Å². The van der Waals surface area contributed by atoms with Crippen molar-refractivity contribution in [2.45, 2.75) is 6.10 Å². The number of nitrogens with one attached hydrogen (secondary N) is 1. The normalized spacial score (nSPS) is 12.3. The third-order valence-corrected chi connectivity index (χ3v) is 2.84. The molecule has 0 aromatic heterocycles. The van der Waals surface area contributed by atoms with Crippen molar-refractivity contribution in [3.8, 4) is 0 Å². The number of halogens is 1. The van der Waals surface area contributed by atoms with Crippen LogP contribution in [-0.2, 0) is 4.79 Å². The van der Waals surface area contributed by atoms with E-state index in [-0.39, 0.29) is 0 Å². The first-order chi connectivity index (χ1) is 9.66.